The number of hydrogen-bond acceptors (Lipinski definition) is 5. The molecule has 2 atom stereocenters. The maximum Gasteiger partial charge on any atom is 0.187 e. The Morgan fingerprint density at radius 1 is 1.08 bits per heavy atom. The Hall–Kier alpha value is -1.38. The molecule has 0 spiro atoms. The van der Waals surface area contributed by atoms with Crippen LogP contribution in [-0.2, 0) is 19.1 Å². The molecule has 0 aromatic heterocycles. The summed E-state index contributed by atoms with van der Waals surface area (Å²) in [4.78, 5) is 29.7. The highest BCUT2D eigenvalue weighted by molar-refractivity contribution is 14.1. The lowest BCUT2D eigenvalue weighted by Gasteiger charge is -2.37. The highest BCUT2D eigenvalue weighted by Crippen LogP contribution is 2.42. The lowest BCUT2D eigenvalue weighted by atomic mass is 9.71. The number of ether oxygens (including phenoxy) is 2. The summed E-state index contributed by atoms with van der Waals surface area (Å²) in [5.41, 5.74) is 4.17. The third kappa shape index (κ3) is 2.57. The number of halogens is 1. The van der Waals surface area contributed by atoms with Gasteiger partial charge in [0.05, 0.1) is 30.5 Å². The van der Waals surface area contributed by atoms with E-state index in [-0.39, 0.29) is 30.7 Å². The molecule has 2 unspecified atom stereocenters. The molecule has 124 valence electrons. The fourth-order valence-electron chi connectivity index (χ4n) is 3.61. The average Bonchev–Trinajstić information content (AvgIpc) is 2.56. The van der Waals surface area contributed by atoms with Crippen molar-refractivity contribution in [1.29, 1.82) is 0 Å². The van der Waals surface area contributed by atoms with Gasteiger partial charge in [-0.15, -0.1) is 0 Å². The molecule has 3 aliphatic heterocycles. The van der Waals surface area contributed by atoms with E-state index in [1.165, 1.54) is 5.56 Å². The molecule has 3 aliphatic rings. The number of aryl methyl sites for hydroxylation is 1. The normalized spacial score (nSPS) is 26.8. The molecular formula is C18H16INO4. The van der Waals surface area contributed by atoms with Crippen LogP contribution >= 0.6 is 22.6 Å². The summed E-state index contributed by atoms with van der Waals surface area (Å²) in [5.74, 6) is -0.766. The van der Waals surface area contributed by atoms with E-state index < -0.39 is 5.92 Å². The Balaban J connectivity index is 1.91. The Morgan fingerprint density at radius 2 is 1.88 bits per heavy atom. The summed E-state index contributed by atoms with van der Waals surface area (Å²) in [6.07, 6.45) is 0. The smallest absolute Gasteiger partial charge is 0.187 e. The van der Waals surface area contributed by atoms with Crippen LogP contribution in [0.1, 0.15) is 17.0 Å². The molecule has 0 bridgehead atoms. The van der Waals surface area contributed by atoms with Crippen molar-refractivity contribution in [3.05, 3.63) is 44.2 Å². The molecule has 3 heterocycles. The van der Waals surface area contributed by atoms with Crippen molar-refractivity contribution in [2.45, 2.75) is 12.8 Å². The second kappa shape index (κ2) is 6.16. The maximum absolute atomic E-state index is 12.6. The molecule has 1 aromatic rings. The zero-order chi connectivity index (χ0) is 16.8. The SMILES string of the molecule is Cc1ccc(C2C3=C(COCC3=O)N=C3COCC(=O)C32)cc1I. The number of carbonyl (C=O) groups is 2. The fraction of sp³-hybridized carbons (Fsp3) is 0.389. The molecular weight excluding hydrogens is 421 g/mol. The van der Waals surface area contributed by atoms with Gasteiger partial charge < -0.3 is 9.47 Å². The van der Waals surface area contributed by atoms with Crippen LogP contribution in [0.15, 0.2) is 34.5 Å². The summed E-state index contributed by atoms with van der Waals surface area (Å²) >= 11 is 2.29. The highest BCUT2D eigenvalue weighted by atomic mass is 127. The number of ketones is 2. The zero-order valence-electron chi connectivity index (χ0n) is 13.2. The van der Waals surface area contributed by atoms with Crippen LogP contribution in [0.2, 0.25) is 0 Å². The Morgan fingerprint density at radius 3 is 2.67 bits per heavy atom. The third-order valence-corrected chi connectivity index (χ3v) is 5.92. The van der Waals surface area contributed by atoms with E-state index in [0.717, 1.165) is 9.13 Å². The van der Waals surface area contributed by atoms with Crippen molar-refractivity contribution < 1.29 is 19.1 Å². The largest absolute Gasteiger partial charge is 0.368 e. The minimum absolute atomic E-state index is 0.00794. The summed E-state index contributed by atoms with van der Waals surface area (Å²) < 4.78 is 11.8. The number of aliphatic imine (C=N–C) groups is 1. The number of Topliss-reactive ketones (excluding diaryl/α,β-unsaturated/α-hetero) is 2. The molecule has 24 heavy (non-hydrogen) atoms. The Labute approximate surface area is 153 Å². The summed E-state index contributed by atoms with van der Waals surface area (Å²) in [6.45, 7) is 2.83. The maximum atomic E-state index is 12.6. The van der Waals surface area contributed by atoms with Gasteiger partial charge in [-0.3, -0.25) is 14.6 Å². The van der Waals surface area contributed by atoms with E-state index in [0.29, 0.717) is 30.2 Å². The number of nitrogens with zero attached hydrogens (tertiary/aromatic N) is 1. The van der Waals surface area contributed by atoms with Crippen LogP contribution in [0.25, 0.3) is 0 Å². The van der Waals surface area contributed by atoms with Crippen molar-refractivity contribution in [1.82, 2.24) is 0 Å². The number of fused-ring (bicyclic) bond motifs is 1. The monoisotopic (exact) mass is 437 g/mol. The standard InChI is InChI=1S/C18H16INO4/c1-9-2-3-10(4-11(9)19)16-17-12(5-23-7-14(17)21)20-13-6-24-8-15(22)18(13)16/h2-4,16-17H,5-8H2,1H3. The second-order valence-corrected chi connectivity index (χ2v) is 7.46. The van der Waals surface area contributed by atoms with Gasteiger partial charge in [-0.25, -0.2) is 0 Å². The predicted octanol–water partition coefficient (Wildman–Crippen LogP) is 2.21. The summed E-state index contributed by atoms with van der Waals surface area (Å²) in [6, 6.07) is 6.12. The van der Waals surface area contributed by atoms with Gasteiger partial charge in [0.25, 0.3) is 0 Å². The highest BCUT2D eigenvalue weighted by Gasteiger charge is 2.45. The molecule has 0 radical (unpaired) electrons. The van der Waals surface area contributed by atoms with E-state index in [1.54, 1.807) is 0 Å². The first-order chi connectivity index (χ1) is 11.6. The van der Waals surface area contributed by atoms with Crippen LogP contribution in [0, 0.1) is 16.4 Å². The van der Waals surface area contributed by atoms with Gasteiger partial charge in [0.1, 0.15) is 13.2 Å². The minimum atomic E-state index is -0.405. The van der Waals surface area contributed by atoms with Gasteiger partial charge in [0.15, 0.2) is 11.6 Å². The van der Waals surface area contributed by atoms with Crippen LogP contribution in [0.5, 0.6) is 0 Å². The van der Waals surface area contributed by atoms with E-state index in [9.17, 15) is 9.59 Å². The number of rotatable bonds is 1. The first kappa shape index (κ1) is 16.1. The van der Waals surface area contributed by atoms with E-state index >= 15 is 0 Å². The van der Waals surface area contributed by atoms with Crippen LogP contribution < -0.4 is 0 Å². The first-order valence-electron chi connectivity index (χ1n) is 7.84. The van der Waals surface area contributed by atoms with Gasteiger partial charge in [0.2, 0.25) is 0 Å². The van der Waals surface area contributed by atoms with Gasteiger partial charge in [-0.2, -0.15) is 0 Å². The van der Waals surface area contributed by atoms with Crippen molar-refractivity contribution in [3.63, 3.8) is 0 Å². The van der Waals surface area contributed by atoms with E-state index in [2.05, 4.69) is 33.6 Å². The second-order valence-electron chi connectivity index (χ2n) is 6.30. The predicted molar refractivity (Wildman–Crippen MR) is 96.2 cm³/mol. The molecule has 0 N–H and O–H groups in total. The van der Waals surface area contributed by atoms with Crippen LogP contribution in [-0.4, -0.2) is 43.7 Å². The van der Waals surface area contributed by atoms with Crippen molar-refractivity contribution >= 4 is 39.9 Å². The number of hydrogen-bond donors (Lipinski definition) is 0. The molecule has 1 aromatic carbocycles. The molecule has 0 aliphatic carbocycles. The average molecular weight is 437 g/mol. The molecule has 0 saturated carbocycles. The van der Waals surface area contributed by atoms with E-state index in [1.807, 2.05) is 19.1 Å². The van der Waals surface area contributed by atoms with E-state index in [4.69, 9.17) is 9.47 Å². The minimum Gasteiger partial charge on any atom is -0.368 e. The fourth-order valence-corrected chi connectivity index (χ4v) is 4.15. The molecule has 0 amide bonds. The quantitative estimate of drug-likeness (QED) is 0.633. The zero-order valence-corrected chi connectivity index (χ0v) is 15.3. The molecule has 1 saturated heterocycles. The molecule has 4 rings (SSSR count). The third-order valence-electron chi connectivity index (χ3n) is 4.76. The first-order valence-corrected chi connectivity index (χ1v) is 8.92. The number of carbonyl (C=O) groups excluding carboxylic acids is 2. The van der Waals surface area contributed by atoms with Crippen LogP contribution in [0.4, 0.5) is 0 Å². The van der Waals surface area contributed by atoms with Gasteiger partial charge >= 0.3 is 0 Å². The van der Waals surface area contributed by atoms with Gasteiger partial charge in [-0.1, -0.05) is 12.1 Å². The van der Waals surface area contributed by atoms with Gasteiger partial charge in [-0.05, 0) is 46.7 Å². The molecule has 1 fully saturated rings. The Kier molecular flexibility index (Phi) is 4.14. The van der Waals surface area contributed by atoms with Crippen molar-refractivity contribution in [3.8, 4) is 0 Å². The summed E-state index contributed by atoms with van der Waals surface area (Å²) in [5, 5.41) is 0. The van der Waals surface area contributed by atoms with Crippen molar-refractivity contribution in [2.24, 2.45) is 10.9 Å². The topological polar surface area (TPSA) is 65.0 Å². The summed E-state index contributed by atoms with van der Waals surface area (Å²) in [7, 11) is 0. The lowest BCUT2D eigenvalue weighted by Crippen LogP contribution is -2.45. The number of benzene rings is 1. The van der Waals surface area contributed by atoms with Gasteiger partial charge in [0, 0.05) is 15.1 Å². The lowest BCUT2D eigenvalue weighted by molar-refractivity contribution is -0.127. The Bertz CT molecular complexity index is 811. The van der Waals surface area contributed by atoms with Crippen molar-refractivity contribution in [2.75, 3.05) is 26.4 Å². The van der Waals surface area contributed by atoms with Crippen LogP contribution in [0.3, 0.4) is 0 Å². The molecule has 6 heteroatoms. The molecule has 5 nitrogen and oxygen atoms in total.